The fourth-order valence-corrected chi connectivity index (χ4v) is 1.06. The Balaban J connectivity index is 2.76. The predicted molar refractivity (Wildman–Crippen MR) is 52.2 cm³/mol. The van der Waals surface area contributed by atoms with Crippen LogP contribution in [0.25, 0.3) is 0 Å². The van der Waals surface area contributed by atoms with Gasteiger partial charge in [-0.1, -0.05) is 36.9 Å². The fourth-order valence-electron chi connectivity index (χ4n) is 1.06. The molecule has 0 atom stereocenters. The van der Waals surface area contributed by atoms with Crippen molar-refractivity contribution in [1.29, 1.82) is 0 Å². The number of hydrogen-bond acceptors (Lipinski definition) is 2. The monoisotopic (exact) mass is 190 g/mol. The molecule has 0 unspecified atom stereocenters. The summed E-state index contributed by atoms with van der Waals surface area (Å²) in [5.74, 6) is -1.35. The Morgan fingerprint density at radius 1 is 1.21 bits per heavy atom. The first-order chi connectivity index (χ1) is 6.61. The maximum atomic E-state index is 11.5. The summed E-state index contributed by atoms with van der Waals surface area (Å²) >= 11 is 0. The summed E-state index contributed by atoms with van der Waals surface area (Å²) in [5, 5.41) is 8.47. The Kier molecular flexibility index (Phi) is 3.18. The van der Waals surface area contributed by atoms with Gasteiger partial charge in [-0.2, -0.15) is 0 Å². The first-order valence-electron chi connectivity index (χ1n) is 4.10. The Morgan fingerprint density at radius 3 is 2.29 bits per heavy atom. The average Bonchev–Trinajstić information content (AvgIpc) is 2.17. The van der Waals surface area contributed by atoms with Gasteiger partial charge in [-0.15, -0.1) is 0 Å². The molecule has 0 saturated heterocycles. The van der Waals surface area contributed by atoms with E-state index >= 15 is 0 Å². The summed E-state index contributed by atoms with van der Waals surface area (Å²) in [5.41, 5.74) is 0.572. The van der Waals surface area contributed by atoms with E-state index in [2.05, 4.69) is 6.58 Å². The second-order valence-corrected chi connectivity index (χ2v) is 2.87. The average molecular weight is 190 g/mol. The van der Waals surface area contributed by atoms with E-state index in [4.69, 9.17) is 5.11 Å². The first kappa shape index (κ1) is 10.2. The smallest absolute Gasteiger partial charge is 0.307 e. The van der Waals surface area contributed by atoms with Crippen molar-refractivity contribution in [1.82, 2.24) is 0 Å². The molecule has 0 spiro atoms. The van der Waals surface area contributed by atoms with Crippen LogP contribution in [0, 0.1) is 0 Å². The second kappa shape index (κ2) is 4.37. The third-order valence-electron chi connectivity index (χ3n) is 1.72. The SMILES string of the molecule is C=C(CC(=O)O)C(=O)c1ccccc1. The van der Waals surface area contributed by atoms with Crippen LogP contribution >= 0.6 is 0 Å². The minimum Gasteiger partial charge on any atom is -0.481 e. The van der Waals surface area contributed by atoms with E-state index in [1.165, 1.54) is 0 Å². The number of benzene rings is 1. The van der Waals surface area contributed by atoms with E-state index in [9.17, 15) is 9.59 Å². The number of carbonyl (C=O) groups is 2. The molecule has 0 radical (unpaired) electrons. The lowest BCUT2D eigenvalue weighted by atomic mass is 10.0. The molecule has 0 aliphatic heterocycles. The molecule has 1 rings (SSSR count). The van der Waals surface area contributed by atoms with Crippen LogP contribution in [-0.2, 0) is 4.79 Å². The quantitative estimate of drug-likeness (QED) is 0.582. The molecule has 1 aromatic carbocycles. The van der Waals surface area contributed by atoms with E-state index in [-0.39, 0.29) is 17.8 Å². The van der Waals surface area contributed by atoms with Gasteiger partial charge in [0.25, 0.3) is 0 Å². The van der Waals surface area contributed by atoms with Crippen molar-refractivity contribution in [2.75, 3.05) is 0 Å². The number of hydrogen-bond donors (Lipinski definition) is 1. The lowest BCUT2D eigenvalue weighted by Crippen LogP contribution is -2.06. The van der Waals surface area contributed by atoms with Crippen LogP contribution < -0.4 is 0 Å². The van der Waals surface area contributed by atoms with Crippen molar-refractivity contribution in [3.8, 4) is 0 Å². The predicted octanol–water partition coefficient (Wildman–Crippen LogP) is 1.90. The molecule has 0 saturated carbocycles. The van der Waals surface area contributed by atoms with Gasteiger partial charge in [0.15, 0.2) is 5.78 Å². The van der Waals surface area contributed by atoms with Gasteiger partial charge in [0, 0.05) is 11.1 Å². The van der Waals surface area contributed by atoms with E-state index in [1.54, 1.807) is 30.3 Å². The van der Waals surface area contributed by atoms with E-state index < -0.39 is 5.97 Å². The molecule has 72 valence electrons. The summed E-state index contributed by atoms with van der Waals surface area (Å²) in [4.78, 5) is 21.8. The lowest BCUT2D eigenvalue weighted by Gasteiger charge is -2.01. The van der Waals surface area contributed by atoms with Gasteiger partial charge in [0.1, 0.15) is 0 Å². The van der Waals surface area contributed by atoms with Gasteiger partial charge < -0.3 is 5.11 Å². The zero-order valence-electron chi connectivity index (χ0n) is 7.56. The van der Waals surface area contributed by atoms with Crippen molar-refractivity contribution in [2.45, 2.75) is 6.42 Å². The summed E-state index contributed by atoms with van der Waals surface area (Å²) in [7, 11) is 0. The topological polar surface area (TPSA) is 54.4 Å². The second-order valence-electron chi connectivity index (χ2n) is 2.87. The number of carbonyl (C=O) groups excluding carboxylic acids is 1. The molecule has 0 heterocycles. The molecule has 0 fully saturated rings. The number of rotatable bonds is 4. The zero-order valence-corrected chi connectivity index (χ0v) is 7.56. The van der Waals surface area contributed by atoms with Gasteiger partial charge in [-0.25, -0.2) is 0 Å². The lowest BCUT2D eigenvalue weighted by molar-refractivity contribution is -0.136. The van der Waals surface area contributed by atoms with Crippen molar-refractivity contribution in [3.63, 3.8) is 0 Å². The van der Waals surface area contributed by atoms with Gasteiger partial charge in [0.2, 0.25) is 0 Å². The minimum absolute atomic E-state index is 0.101. The van der Waals surface area contributed by atoms with Crippen molar-refractivity contribution in [2.24, 2.45) is 0 Å². The van der Waals surface area contributed by atoms with Crippen molar-refractivity contribution < 1.29 is 14.7 Å². The number of ketones is 1. The Hall–Kier alpha value is -1.90. The normalized spacial score (nSPS) is 9.43. The van der Waals surface area contributed by atoms with Gasteiger partial charge in [-0.3, -0.25) is 9.59 Å². The van der Waals surface area contributed by atoms with Crippen LogP contribution in [-0.4, -0.2) is 16.9 Å². The maximum absolute atomic E-state index is 11.5. The largest absolute Gasteiger partial charge is 0.481 e. The van der Waals surface area contributed by atoms with E-state index in [0.29, 0.717) is 5.56 Å². The summed E-state index contributed by atoms with van der Waals surface area (Å²) in [6.45, 7) is 3.44. The molecular formula is C11H10O3. The van der Waals surface area contributed by atoms with Gasteiger partial charge in [0.05, 0.1) is 6.42 Å². The van der Waals surface area contributed by atoms with Crippen LogP contribution in [0.15, 0.2) is 42.5 Å². The standard InChI is InChI=1S/C11H10O3/c1-8(7-10(12)13)11(14)9-5-3-2-4-6-9/h2-6H,1,7H2,(H,12,13). The molecule has 3 nitrogen and oxygen atoms in total. The van der Waals surface area contributed by atoms with Crippen LogP contribution in [0.4, 0.5) is 0 Å². The Morgan fingerprint density at radius 2 is 1.79 bits per heavy atom. The Labute approximate surface area is 81.7 Å². The number of aliphatic carboxylic acids is 1. The molecule has 14 heavy (non-hydrogen) atoms. The van der Waals surface area contributed by atoms with Crippen LogP contribution in [0.5, 0.6) is 0 Å². The van der Waals surface area contributed by atoms with Crippen molar-refractivity contribution >= 4 is 11.8 Å². The van der Waals surface area contributed by atoms with Gasteiger partial charge in [-0.05, 0) is 0 Å². The Bertz CT molecular complexity index is 365. The van der Waals surface area contributed by atoms with Crippen LogP contribution in [0.2, 0.25) is 0 Å². The third kappa shape index (κ3) is 2.55. The highest BCUT2D eigenvalue weighted by atomic mass is 16.4. The maximum Gasteiger partial charge on any atom is 0.307 e. The molecule has 3 heteroatoms. The number of carboxylic acid groups (broad SMARTS) is 1. The summed E-state index contributed by atoms with van der Waals surface area (Å²) in [6.07, 6.45) is -0.312. The highest BCUT2D eigenvalue weighted by Crippen LogP contribution is 2.09. The summed E-state index contributed by atoms with van der Waals surface area (Å²) < 4.78 is 0. The zero-order chi connectivity index (χ0) is 10.6. The van der Waals surface area contributed by atoms with Gasteiger partial charge >= 0.3 is 5.97 Å². The molecule has 0 aromatic heterocycles. The highest BCUT2D eigenvalue weighted by molar-refractivity contribution is 6.10. The fraction of sp³-hybridized carbons (Fsp3) is 0.0909. The molecule has 0 bridgehead atoms. The minimum atomic E-state index is -1.04. The number of Topliss-reactive ketones (excluding diaryl/α,β-unsaturated/α-hetero) is 1. The van der Waals surface area contributed by atoms with E-state index in [0.717, 1.165) is 0 Å². The van der Waals surface area contributed by atoms with Crippen molar-refractivity contribution in [3.05, 3.63) is 48.0 Å². The molecular weight excluding hydrogens is 180 g/mol. The van der Waals surface area contributed by atoms with Crippen LogP contribution in [0.1, 0.15) is 16.8 Å². The van der Waals surface area contributed by atoms with Crippen LogP contribution in [0.3, 0.4) is 0 Å². The number of carboxylic acids is 1. The summed E-state index contributed by atoms with van der Waals surface area (Å²) in [6, 6.07) is 8.50. The molecule has 0 aliphatic rings. The first-order valence-corrected chi connectivity index (χ1v) is 4.10. The highest BCUT2D eigenvalue weighted by Gasteiger charge is 2.12. The molecule has 0 aliphatic carbocycles. The molecule has 1 N–H and O–H groups in total. The van der Waals surface area contributed by atoms with E-state index in [1.807, 2.05) is 0 Å². The third-order valence-corrected chi connectivity index (χ3v) is 1.72. The molecule has 0 amide bonds. The molecule has 1 aromatic rings.